The van der Waals surface area contributed by atoms with Crippen LogP contribution < -0.4 is 0 Å². The molecule has 0 radical (unpaired) electrons. The number of halogens is 4. The lowest BCUT2D eigenvalue weighted by Crippen LogP contribution is -2.19. The highest BCUT2D eigenvalue weighted by atomic mass is 79.9. The van der Waals surface area contributed by atoms with Gasteiger partial charge >= 0.3 is 0 Å². The van der Waals surface area contributed by atoms with E-state index in [-0.39, 0.29) is 0 Å². The van der Waals surface area contributed by atoms with Gasteiger partial charge < -0.3 is 9.47 Å². The van der Waals surface area contributed by atoms with E-state index in [4.69, 9.17) is 0 Å². The van der Waals surface area contributed by atoms with Crippen molar-refractivity contribution in [3.05, 3.63) is 57.0 Å². The molecule has 2 aromatic carbocycles. The number of benzene rings is 2. The number of likely N-dealkylation sites (N-methyl/N-ethyl adjacent to an activating group) is 1. The first-order valence-electron chi connectivity index (χ1n) is 7.85. The third-order valence-electron chi connectivity index (χ3n) is 3.87. The van der Waals surface area contributed by atoms with E-state index < -0.39 is 11.6 Å². The summed E-state index contributed by atoms with van der Waals surface area (Å²) in [7, 11) is 3.87. The largest absolute Gasteiger partial charge is 0.308 e. The second kappa shape index (κ2) is 7.94. The van der Waals surface area contributed by atoms with Crippen molar-refractivity contribution in [2.24, 2.45) is 0 Å². The van der Waals surface area contributed by atoms with Gasteiger partial charge in [-0.05, 0) is 50.5 Å². The van der Waals surface area contributed by atoms with Crippen LogP contribution in [0.15, 0.2) is 45.3 Å². The highest BCUT2D eigenvalue weighted by molar-refractivity contribution is 9.10. The molecule has 8 heteroatoms. The number of nitrogens with zero attached hydrogens (tertiary/aromatic N) is 4. The fourth-order valence-electron chi connectivity index (χ4n) is 2.55. The van der Waals surface area contributed by atoms with Crippen LogP contribution in [0.5, 0.6) is 0 Å². The third kappa shape index (κ3) is 4.02. The standard InChI is InChI=1S/C18H16Br2F2N4/c1-25(2)7-8-26-17(13-5-3-11(19)9-15(13)21)23-24-18(26)14-6-4-12(20)10-16(14)22/h3-6,9-10H,7-8H2,1-2H3. The lowest BCUT2D eigenvalue weighted by molar-refractivity contribution is 0.385. The van der Waals surface area contributed by atoms with Crippen LogP contribution in [0.1, 0.15) is 0 Å². The zero-order chi connectivity index (χ0) is 18.8. The lowest BCUT2D eigenvalue weighted by atomic mass is 10.1. The monoisotopic (exact) mass is 484 g/mol. The first kappa shape index (κ1) is 19.1. The van der Waals surface area contributed by atoms with Gasteiger partial charge in [0.15, 0.2) is 11.6 Å². The van der Waals surface area contributed by atoms with E-state index in [1.165, 1.54) is 12.1 Å². The third-order valence-corrected chi connectivity index (χ3v) is 4.85. The predicted octanol–water partition coefficient (Wildman–Crippen LogP) is 4.98. The maximum Gasteiger partial charge on any atom is 0.167 e. The van der Waals surface area contributed by atoms with Crippen molar-refractivity contribution < 1.29 is 8.78 Å². The Bertz CT molecular complexity index is 872. The summed E-state index contributed by atoms with van der Waals surface area (Å²) in [5.74, 6) is -0.0928. The van der Waals surface area contributed by atoms with Gasteiger partial charge in [-0.25, -0.2) is 8.78 Å². The molecule has 0 aliphatic carbocycles. The van der Waals surface area contributed by atoms with E-state index in [0.717, 1.165) is 0 Å². The van der Waals surface area contributed by atoms with E-state index in [0.29, 0.717) is 44.8 Å². The van der Waals surface area contributed by atoms with Crippen molar-refractivity contribution in [3.8, 4) is 22.8 Å². The van der Waals surface area contributed by atoms with Crippen LogP contribution in [-0.2, 0) is 6.54 Å². The van der Waals surface area contributed by atoms with Crippen LogP contribution in [0, 0.1) is 11.6 Å². The molecule has 0 atom stereocenters. The Kier molecular flexibility index (Phi) is 5.84. The minimum absolute atomic E-state index is 0.322. The fraction of sp³-hybridized carbons (Fsp3) is 0.222. The van der Waals surface area contributed by atoms with Crippen LogP contribution in [0.2, 0.25) is 0 Å². The predicted molar refractivity (Wildman–Crippen MR) is 105 cm³/mol. The van der Waals surface area contributed by atoms with Gasteiger partial charge in [-0.2, -0.15) is 0 Å². The summed E-state index contributed by atoms with van der Waals surface area (Å²) >= 11 is 6.50. The van der Waals surface area contributed by atoms with Crippen molar-refractivity contribution in [2.75, 3.05) is 20.6 Å². The van der Waals surface area contributed by atoms with Crippen molar-refractivity contribution in [1.82, 2.24) is 19.7 Å². The lowest BCUT2D eigenvalue weighted by Gasteiger charge is -2.15. The van der Waals surface area contributed by atoms with E-state index in [1.54, 1.807) is 28.8 Å². The molecule has 3 aromatic rings. The van der Waals surface area contributed by atoms with Crippen molar-refractivity contribution in [1.29, 1.82) is 0 Å². The normalized spacial score (nSPS) is 11.3. The summed E-state index contributed by atoms with van der Waals surface area (Å²) in [6.45, 7) is 1.17. The van der Waals surface area contributed by atoms with E-state index in [9.17, 15) is 8.78 Å². The zero-order valence-corrected chi connectivity index (χ0v) is 17.4. The molecule has 0 fully saturated rings. The summed E-state index contributed by atoms with van der Waals surface area (Å²) in [6.07, 6.45) is 0. The molecule has 26 heavy (non-hydrogen) atoms. The Morgan fingerprint density at radius 3 is 1.73 bits per heavy atom. The van der Waals surface area contributed by atoms with Crippen LogP contribution in [-0.4, -0.2) is 40.3 Å². The van der Waals surface area contributed by atoms with Gasteiger partial charge in [-0.3, -0.25) is 0 Å². The topological polar surface area (TPSA) is 34.0 Å². The quantitative estimate of drug-likeness (QED) is 0.511. The Balaban J connectivity index is 2.15. The molecule has 1 aromatic heterocycles. The average molecular weight is 486 g/mol. The number of hydrogen-bond donors (Lipinski definition) is 0. The smallest absolute Gasteiger partial charge is 0.167 e. The first-order chi connectivity index (χ1) is 12.4. The molecule has 0 saturated carbocycles. The van der Waals surface area contributed by atoms with E-state index in [1.807, 2.05) is 19.0 Å². The van der Waals surface area contributed by atoms with Crippen molar-refractivity contribution >= 4 is 31.9 Å². The molecule has 3 rings (SSSR count). The molecule has 0 saturated heterocycles. The molecule has 0 N–H and O–H groups in total. The molecule has 1 heterocycles. The highest BCUT2D eigenvalue weighted by Crippen LogP contribution is 2.30. The Morgan fingerprint density at radius 1 is 0.885 bits per heavy atom. The summed E-state index contributed by atoms with van der Waals surface area (Å²) in [4.78, 5) is 1.99. The highest BCUT2D eigenvalue weighted by Gasteiger charge is 2.20. The van der Waals surface area contributed by atoms with Gasteiger partial charge in [-0.1, -0.05) is 31.9 Å². The van der Waals surface area contributed by atoms with E-state index in [2.05, 4.69) is 42.1 Å². The summed E-state index contributed by atoms with van der Waals surface area (Å²) < 4.78 is 31.9. The maximum absolute atomic E-state index is 14.5. The molecule has 4 nitrogen and oxygen atoms in total. The molecule has 0 spiro atoms. The number of hydrogen-bond acceptors (Lipinski definition) is 3. The van der Waals surface area contributed by atoms with E-state index >= 15 is 0 Å². The number of rotatable bonds is 5. The molecular formula is C18H16Br2F2N4. The van der Waals surface area contributed by atoms with Gasteiger partial charge in [0.1, 0.15) is 11.6 Å². The van der Waals surface area contributed by atoms with Crippen LogP contribution in [0.4, 0.5) is 8.78 Å². The van der Waals surface area contributed by atoms with Crippen LogP contribution in [0.25, 0.3) is 22.8 Å². The number of aromatic nitrogens is 3. The summed E-state index contributed by atoms with van der Waals surface area (Å²) in [5.41, 5.74) is 0.645. The van der Waals surface area contributed by atoms with Gasteiger partial charge in [0, 0.05) is 22.0 Å². The molecular weight excluding hydrogens is 470 g/mol. The van der Waals surface area contributed by atoms with Crippen LogP contribution >= 0.6 is 31.9 Å². The second-order valence-electron chi connectivity index (χ2n) is 6.05. The first-order valence-corrected chi connectivity index (χ1v) is 9.44. The van der Waals surface area contributed by atoms with Gasteiger partial charge in [0.05, 0.1) is 11.1 Å². The minimum Gasteiger partial charge on any atom is -0.308 e. The minimum atomic E-state index is -0.416. The molecule has 136 valence electrons. The zero-order valence-electron chi connectivity index (χ0n) is 14.2. The Morgan fingerprint density at radius 2 is 1.35 bits per heavy atom. The Labute approximate surface area is 167 Å². The van der Waals surface area contributed by atoms with Gasteiger partial charge in [-0.15, -0.1) is 10.2 Å². The summed E-state index contributed by atoms with van der Waals surface area (Å²) in [5, 5.41) is 8.31. The molecule has 0 amide bonds. The maximum atomic E-state index is 14.5. The fourth-order valence-corrected chi connectivity index (χ4v) is 3.22. The SMILES string of the molecule is CN(C)CCn1c(-c2ccc(Br)cc2F)nnc1-c1ccc(Br)cc1F. The Hall–Kier alpha value is -1.64. The molecule has 0 aliphatic rings. The van der Waals surface area contributed by atoms with Crippen molar-refractivity contribution in [2.45, 2.75) is 6.54 Å². The molecule has 0 aliphatic heterocycles. The van der Waals surface area contributed by atoms with Crippen molar-refractivity contribution in [3.63, 3.8) is 0 Å². The average Bonchev–Trinajstić information content (AvgIpc) is 2.96. The van der Waals surface area contributed by atoms with Gasteiger partial charge in [0.25, 0.3) is 0 Å². The van der Waals surface area contributed by atoms with Crippen LogP contribution in [0.3, 0.4) is 0 Å². The summed E-state index contributed by atoms with van der Waals surface area (Å²) in [6, 6.07) is 9.50. The molecule has 0 unspecified atom stereocenters. The van der Waals surface area contributed by atoms with Gasteiger partial charge in [0.2, 0.25) is 0 Å². The molecule has 0 bridgehead atoms. The second-order valence-corrected chi connectivity index (χ2v) is 7.88.